The predicted octanol–water partition coefficient (Wildman–Crippen LogP) is 4.48. The van der Waals surface area contributed by atoms with Crippen LogP contribution in [0.3, 0.4) is 0 Å². The van der Waals surface area contributed by atoms with Crippen LogP contribution in [0.2, 0.25) is 0 Å². The molecule has 0 atom stereocenters. The van der Waals surface area contributed by atoms with Crippen LogP contribution in [0.4, 0.5) is 11.4 Å². The number of nitrogens with zero attached hydrogens (tertiary/aromatic N) is 2. The summed E-state index contributed by atoms with van der Waals surface area (Å²) < 4.78 is 0.793. The molecule has 23 heavy (non-hydrogen) atoms. The highest BCUT2D eigenvalue weighted by Gasteiger charge is 2.11. The molecule has 3 rings (SSSR count). The van der Waals surface area contributed by atoms with Crippen molar-refractivity contribution >= 4 is 33.2 Å². The molecule has 0 saturated carbocycles. The van der Waals surface area contributed by atoms with Crippen molar-refractivity contribution in [3.63, 3.8) is 0 Å². The van der Waals surface area contributed by atoms with Crippen molar-refractivity contribution in [3.05, 3.63) is 52.8 Å². The summed E-state index contributed by atoms with van der Waals surface area (Å²) in [4.78, 5) is 18.7. The normalized spacial score (nSPS) is 15.1. The number of rotatable bonds is 3. The smallest absolute Gasteiger partial charge is 0.257 e. The third kappa shape index (κ3) is 4.32. The van der Waals surface area contributed by atoms with Crippen molar-refractivity contribution < 1.29 is 4.79 Å². The van der Waals surface area contributed by atoms with Gasteiger partial charge >= 0.3 is 0 Å². The van der Waals surface area contributed by atoms with E-state index in [2.05, 4.69) is 43.3 Å². The van der Waals surface area contributed by atoms with Gasteiger partial charge in [-0.2, -0.15) is 0 Å². The fourth-order valence-corrected chi connectivity index (χ4v) is 3.19. The molecule has 2 heterocycles. The molecular weight excluding hydrogens is 354 g/mol. The molecule has 4 nitrogen and oxygen atoms in total. The van der Waals surface area contributed by atoms with E-state index >= 15 is 0 Å². The zero-order valence-electron chi connectivity index (χ0n) is 13.0. The molecule has 1 amide bonds. The summed E-state index contributed by atoms with van der Waals surface area (Å²) in [6.45, 7) is 2.24. The minimum Gasteiger partial charge on any atom is -0.372 e. The molecule has 0 spiro atoms. The Labute approximate surface area is 145 Å². The van der Waals surface area contributed by atoms with Crippen molar-refractivity contribution in [1.82, 2.24) is 4.98 Å². The lowest BCUT2D eigenvalue weighted by Crippen LogP contribution is -2.23. The van der Waals surface area contributed by atoms with Crippen LogP contribution in [0.5, 0.6) is 0 Å². The van der Waals surface area contributed by atoms with E-state index in [9.17, 15) is 4.79 Å². The van der Waals surface area contributed by atoms with Crippen LogP contribution >= 0.6 is 15.9 Å². The summed E-state index contributed by atoms with van der Waals surface area (Å²) in [6, 6.07) is 9.85. The maximum Gasteiger partial charge on any atom is 0.257 e. The largest absolute Gasteiger partial charge is 0.372 e. The maximum absolute atomic E-state index is 12.2. The summed E-state index contributed by atoms with van der Waals surface area (Å²) in [6.07, 6.45) is 8.39. The van der Waals surface area contributed by atoms with Gasteiger partial charge in [0.15, 0.2) is 0 Å². The predicted molar refractivity (Wildman–Crippen MR) is 97.0 cm³/mol. The molecule has 1 N–H and O–H groups in total. The molecule has 1 aromatic carbocycles. The molecule has 1 fully saturated rings. The number of hydrogen-bond donors (Lipinski definition) is 1. The Bertz CT molecular complexity index is 664. The number of carbonyl (C=O) groups excluding carboxylic acids is 1. The van der Waals surface area contributed by atoms with E-state index < -0.39 is 0 Å². The van der Waals surface area contributed by atoms with Gasteiger partial charge in [0.1, 0.15) is 0 Å². The molecule has 0 radical (unpaired) electrons. The molecule has 2 aromatic rings. The SMILES string of the molecule is O=C(Nc1ccc(N2CCCCCC2)cc1)c1cncc(Br)c1. The van der Waals surface area contributed by atoms with E-state index in [1.54, 1.807) is 18.5 Å². The van der Waals surface area contributed by atoms with Gasteiger partial charge in [-0.25, -0.2) is 0 Å². The number of nitrogens with one attached hydrogen (secondary N) is 1. The summed E-state index contributed by atoms with van der Waals surface area (Å²) in [5, 5.41) is 2.91. The van der Waals surface area contributed by atoms with E-state index in [0.717, 1.165) is 23.2 Å². The van der Waals surface area contributed by atoms with E-state index in [1.165, 1.54) is 31.4 Å². The summed E-state index contributed by atoms with van der Waals surface area (Å²) in [5.41, 5.74) is 2.57. The van der Waals surface area contributed by atoms with Crippen LogP contribution in [0.15, 0.2) is 47.2 Å². The van der Waals surface area contributed by atoms with E-state index in [4.69, 9.17) is 0 Å². The number of halogens is 1. The second-order valence-corrected chi connectivity index (χ2v) is 6.71. The third-order valence-electron chi connectivity index (χ3n) is 4.06. The maximum atomic E-state index is 12.2. The highest BCUT2D eigenvalue weighted by atomic mass is 79.9. The van der Waals surface area contributed by atoms with E-state index in [0.29, 0.717) is 5.56 Å². The summed E-state index contributed by atoms with van der Waals surface area (Å²) >= 11 is 3.33. The van der Waals surface area contributed by atoms with Gasteiger partial charge < -0.3 is 10.2 Å². The van der Waals surface area contributed by atoms with Crippen molar-refractivity contribution in [2.45, 2.75) is 25.7 Å². The second kappa shape index (κ2) is 7.59. The number of hydrogen-bond acceptors (Lipinski definition) is 3. The molecular formula is C18H20BrN3O. The number of benzene rings is 1. The Balaban J connectivity index is 1.66. The lowest BCUT2D eigenvalue weighted by molar-refractivity contribution is 0.102. The molecule has 0 unspecified atom stereocenters. The Kier molecular flexibility index (Phi) is 5.28. The quantitative estimate of drug-likeness (QED) is 0.862. The standard InChI is InChI=1S/C18H20BrN3O/c19-15-11-14(12-20-13-15)18(23)21-16-5-7-17(8-6-16)22-9-3-1-2-4-10-22/h5-8,11-13H,1-4,9-10H2,(H,21,23). The zero-order valence-corrected chi connectivity index (χ0v) is 14.6. The topological polar surface area (TPSA) is 45.2 Å². The Hall–Kier alpha value is -1.88. The van der Waals surface area contributed by atoms with Crippen LogP contribution in [0.1, 0.15) is 36.0 Å². The van der Waals surface area contributed by atoms with Crippen molar-refractivity contribution in [3.8, 4) is 0 Å². The van der Waals surface area contributed by atoms with Gasteiger partial charge in [0, 0.05) is 41.3 Å². The average Bonchev–Trinajstić information content (AvgIpc) is 2.85. The molecule has 120 valence electrons. The third-order valence-corrected chi connectivity index (χ3v) is 4.50. The van der Waals surface area contributed by atoms with Gasteiger partial charge in [0.05, 0.1) is 5.56 Å². The highest BCUT2D eigenvalue weighted by Crippen LogP contribution is 2.22. The first-order valence-electron chi connectivity index (χ1n) is 7.99. The fourth-order valence-electron chi connectivity index (χ4n) is 2.82. The first-order chi connectivity index (χ1) is 11.2. The number of aromatic nitrogens is 1. The van der Waals surface area contributed by atoms with Gasteiger partial charge in [-0.05, 0) is 59.1 Å². The highest BCUT2D eigenvalue weighted by molar-refractivity contribution is 9.10. The second-order valence-electron chi connectivity index (χ2n) is 5.79. The van der Waals surface area contributed by atoms with Crippen LogP contribution in [0.25, 0.3) is 0 Å². The first kappa shape index (κ1) is 16.0. The lowest BCUT2D eigenvalue weighted by Gasteiger charge is -2.22. The van der Waals surface area contributed by atoms with Gasteiger partial charge in [-0.3, -0.25) is 9.78 Å². The Morgan fingerprint density at radius 3 is 2.39 bits per heavy atom. The summed E-state index contributed by atoms with van der Waals surface area (Å²) in [5.74, 6) is -0.152. The number of pyridine rings is 1. The molecule has 0 bridgehead atoms. The fraction of sp³-hybridized carbons (Fsp3) is 0.333. The zero-order chi connectivity index (χ0) is 16.1. The molecule has 1 aromatic heterocycles. The first-order valence-corrected chi connectivity index (χ1v) is 8.78. The lowest BCUT2D eigenvalue weighted by atomic mass is 10.2. The van der Waals surface area contributed by atoms with Crippen molar-refractivity contribution in [2.24, 2.45) is 0 Å². The van der Waals surface area contributed by atoms with Gasteiger partial charge in [-0.15, -0.1) is 0 Å². The number of amides is 1. The van der Waals surface area contributed by atoms with Crippen molar-refractivity contribution in [2.75, 3.05) is 23.3 Å². The Morgan fingerprint density at radius 1 is 1.04 bits per heavy atom. The monoisotopic (exact) mass is 373 g/mol. The minimum absolute atomic E-state index is 0.152. The molecule has 5 heteroatoms. The molecule has 0 aliphatic carbocycles. The average molecular weight is 374 g/mol. The van der Waals surface area contributed by atoms with Crippen molar-refractivity contribution in [1.29, 1.82) is 0 Å². The molecule has 1 aliphatic heterocycles. The summed E-state index contributed by atoms with van der Waals surface area (Å²) in [7, 11) is 0. The van der Waals surface area contributed by atoms with Crippen LogP contribution in [0, 0.1) is 0 Å². The minimum atomic E-state index is -0.152. The van der Waals surface area contributed by atoms with Gasteiger partial charge in [-0.1, -0.05) is 12.8 Å². The number of carbonyl (C=O) groups is 1. The van der Waals surface area contributed by atoms with Crippen LogP contribution in [-0.2, 0) is 0 Å². The van der Waals surface area contributed by atoms with E-state index in [-0.39, 0.29) is 5.91 Å². The van der Waals surface area contributed by atoms with Crippen LogP contribution in [-0.4, -0.2) is 24.0 Å². The van der Waals surface area contributed by atoms with Gasteiger partial charge in [0.2, 0.25) is 0 Å². The molecule has 1 saturated heterocycles. The Morgan fingerprint density at radius 2 is 1.74 bits per heavy atom. The van der Waals surface area contributed by atoms with Crippen LogP contribution < -0.4 is 10.2 Å². The van der Waals surface area contributed by atoms with Gasteiger partial charge in [0.25, 0.3) is 5.91 Å². The number of anilines is 2. The molecule has 1 aliphatic rings. The van der Waals surface area contributed by atoms with E-state index in [1.807, 2.05) is 12.1 Å².